The van der Waals surface area contributed by atoms with Gasteiger partial charge in [0.15, 0.2) is 6.29 Å². The molecule has 1 N–H and O–H groups in total. The first kappa shape index (κ1) is 15.7. The second-order valence-electron chi connectivity index (χ2n) is 5.60. The lowest BCUT2D eigenvalue weighted by Crippen LogP contribution is -2.55. The molecular formula is C14H26N2O4. The van der Waals surface area contributed by atoms with Crippen LogP contribution in [0.5, 0.6) is 0 Å². The third-order valence-corrected chi connectivity index (χ3v) is 3.52. The zero-order valence-corrected chi connectivity index (χ0v) is 12.5. The lowest BCUT2D eigenvalue weighted by molar-refractivity contribution is -0.184. The quantitative estimate of drug-likeness (QED) is 0.791. The van der Waals surface area contributed by atoms with E-state index in [9.17, 15) is 4.79 Å². The van der Waals surface area contributed by atoms with Crippen LogP contribution in [0.1, 0.15) is 26.7 Å². The molecule has 2 saturated heterocycles. The molecule has 2 aliphatic heterocycles. The van der Waals surface area contributed by atoms with Crippen molar-refractivity contribution in [3.05, 3.63) is 0 Å². The fourth-order valence-corrected chi connectivity index (χ4v) is 2.50. The van der Waals surface area contributed by atoms with Crippen LogP contribution in [0.15, 0.2) is 0 Å². The SMILES string of the molecule is CC(C)NC(=O)C1COCCN1CCC1OCCCO1. The zero-order valence-electron chi connectivity index (χ0n) is 12.5. The number of rotatable bonds is 5. The summed E-state index contributed by atoms with van der Waals surface area (Å²) in [4.78, 5) is 14.3. The third kappa shape index (κ3) is 4.70. The predicted octanol–water partition coefficient (Wildman–Crippen LogP) is 0.365. The second kappa shape index (κ2) is 7.93. The Morgan fingerprint density at radius 1 is 1.30 bits per heavy atom. The van der Waals surface area contributed by atoms with Gasteiger partial charge in [0, 0.05) is 25.6 Å². The number of morpholine rings is 1. The Hall–Kier alpha value is -0.690. The Morgan fingerprint density at radius 2 is 2.05 bits per heavy atom. The predicted molar refractivity (Wildman–Crippen MR) is 74.4 cm³/mol. The number of nitrogens with one attached hydrogen (secondary N) is 1. The highest BCUT2D eigenvalue weighted by atomic mass is 16.7. The minimum Gasteiger partial charge on any atom is -0.378 e. The molecule has 0 aliphatic carbocycles. The molecule has 116 valence electrons. The normalized spacial score (nSPS) is 25.9. The van der Waals surface area contributed by atoms with Crippen molar-refractivity contribution in [3.63, 3.8) is 0 Å². The van der Waals surface area contributed by atoms with Crippen molar-refractivity contribution in [2.24, 2.45) is 0 Å². The van der Waals surface area contributed by atoms with Gasteiger partial charge in [0.05, 0.1) is 26.4 Å². The van der Waals surface area contributed by atoms with Gasteiger partial charge >= 0.3 is 0 Å². The molecule has 2 fully saturated rings. The van der Waals surface area contributed by atoms with E-state index in [2.05, 4.69) is 10.2 Å². The summed E-state index contributed by atoms with van der Waals surface area (Å²) in [6.07, 6.45) is 1.64. The summed E-state index contributed by atoms with van der Waals surface area (Å²) < 4.78 is 16.5. The van der Waals surface area contributed by atoms with Gasteiger partial charge in [0.25, 0.3) is 0 Å². The molecule has 2 heterocycles. The molecule has 6 nitrogen and oxygen atoms in total. The summed E-state index contributed by atoms with van der Waals surface area (Å²) in [7, 11) is 0. The minimum absolute atomic E-state index is 0.0465. The fourth-order valence-electron chi connectivity index (χ4n) is 2.50. The largest absolute Gasteiger partial charge is 0.378 e. The van der Waals surface area contributed by atoms with Crippen molar-refractivity contribution in [1.29, 1.82) is 0 Å². The van der Waals surface area contributed by atoms with E-state index in [4.69, 9.17) is 14.2 Å². The lowest BCUT2D eigenvalue weighted by atomic mass is 10.2. The molecule has 2 aliphatic rings. The lowest BCUT2D eigenvalue weighted by Gasteiger charge is -2.36. The number of amides is 1. The van der Waals surface area contributed by atoms with Gasteiger partial charge in [-0.2, -0.15) is 0 Å². The molecule has 20 heavy (non-hydrogen) atoms. The average Bonchev–Trinajstić information content (AvgIpc) is 2.46. The van der Waals surface area contributed by atoms with Gasteiger partial charge in [-0.05, 0) is 20.3 Å². The number of hydrogen-bond acceptors (Lipinski definition) is 5. The van der Waals surface area contributed by atoms with Crippen molar-refractivity contribution < 1.29 is 19.0 Å². The molecule has 1 atom stereocenters. The zero-order chi connectivity index (χ0) is 14.4. The van der Waals surface area contributed by atoms with E-state index in [0.717, 1.165) is 39.1 Å². The number of ether oxygens (including phenoxy) is 3. The van der Waals surface area contributed by atoms with Crippen molar-refractivity contribution >= 4 is 5.91 Å². The maximum atomic E-state index is 12.2. The number of hydrogen-bond donors (Lipinski definition) is 1. The van der Waals surface area contributed by atoms with E-state index < -0.39 is 0 Å². The van der Waals surface area contributed by atoms with Gasteiger partial charge in [0.1, 0.15) is 6.04 Å². The van der Waals surface area contributed by atoms with E-state index in [1.807, 2.05) is 13.8 Å². The van der Waals surface area contributed by atoms with Crippen LogP contribution in [0.25, 0.3) is 0 Å². The molecule has 1 amide bonds. The van der Waals surface area contributed by atoms with Gasteiger partial charge in [0.2, 0.25) is 5.91 Å². The fraction of sp³-hybridized carbons (Fsp3) is 0.929. The average molecular weight is 286 g/mol. The number of carbonyl (C=O) groups excluding carboxylic acids is 1. The summed E-state index contributed by atoms with van der Waals surface area (Å²) in [6, 6.07) is -0.0500. The molecule has 0 spiro atoms. The van der Waals surface area contributed by atoms with Crippen LogP contribution < -0.4 is 5.32 Å². The Bertz CT molecular complexity index is 306. The van der Waals surface area contributed by atoms with Crippen LogP contribution in [0.3, 0.4) is 0 Å². The minimum atomic E-state index is -0.199. The number of carbonyl (C=O) groups is 1. The van der Waals surface area contributed by atoms with Crippen molar-refractivity contribution in [2.45, 2.75) is 45.1 Å². The third-order valence-electron chi connectivity index (χ3n) is 3.52. The van der Waals surface area contributed by atoms with Gasteiger partial charge in [-0.3, -0.25) is 9.69 Å². The maximum Gasteiger partial charge on any atom is 0.239 e. The molecule has 0 aromatic heterocycles. The number of nitrogens with zero attached hydrogens (tertiary/aromatic N) is 1. The van der Waals surface area contributed by atoms with E-state index in [-0.39, 0.29) is 24.3 Å². The Balaban J connectivity index is 1.81. The first-order chi connectivity index (χ1) is 9.66. The maximum absolute atomic E-state index is 12.2. The Morgan fingerprint density at radius 3 is 2.75 bits per heavy atom. The summed E-state index contributed by atoms with van der Waals surface area (Å²) in [5, 5.41) is 2.96. The standard InChI is InChI=1S/C14H26N2O4/c1-11(2)15-14(17)12-10-18-9-6-16(12)5-4-13-19-7-3-8-20-13/h11-13H,3-10H2,1-2H3,(H,15,17). The van der Waals surface area contributed by atoms with Crippen LogP contribution in [0, 0.1) is 0 Å². The van der Waals surface area contributed by atoms with Crippen LogP contribution in [0.4, 0.5) is 0 Å². The monoisotopic (exact) mass is 286 g/mol. The first-order valence-electron chi connectivity index (χ1n) is 7.52. The first-order valence-corrected chi connectivity index (χ1v) is 7.52. The summed E-state index contributed by atoms with van der Waals surface area (Å²) in [6.45, 7) is 8.19. The Labute approximate surface area is 120 Å². The molecule has 6 heteroatoms. The topological polar surface area (TPSA) is 60.0 Å². The van der Waals surface area contributed by atoms with Crippen LogP contribution in [0.2, 0.25) is 0 Å². The van der Waals surface area contributed by atoms with Crippen LogP contribution in [-0.4, -0.2) is 68.7 Å². The highest BCUT2D eigenvalue weighted by Gasteiger charge is 2.30. The summed E-state index contributed by atoms with van der Waals surface area (Å²) in [5.41, 5.74) is 0. The summed E-state index contributed by atoms with van der Waals surface area (Å²) in [5.74, 6) is 0.0465. The van der Waals surface area contributed by atoms with Gasteiger partial charge in [-0.1, -0.05) is 0 Å². The van der Waals surface area contributed by atoms with Crippen molar-refractivity contribution in [1.82, 2.24) is 10.2 Å². The van der Waals surface area contributed by atoms with E-state index in [1.54, 1.807) is 0 Å². The molecule has 1 unspecified atom stereocenters. The van der Waals surface area contributed by atoms with E-state index >= 15 is 0 Å². The van der Waals surface area contributed by atoms with Crippen LogP contribution >= 0.6 is 0 Å². The molecule has 0 aromatic carbocycles. The Kier molecular flexibility index (Phi) is 6.22. The highest BCUT2D eigenvalue weighted by Crippen LogP contribution is 2.13. The highest BCUT2D eigenvalue weighted by molar-refractivity contribution is 5.82. The van der Waals surface area contributed by atoms with Gasteiger partial charge in [-0.15, -0.1) is 0 Å². The molecule has 0 aromatic rings. The molecule has 2 rings (SSSR count). The molecular weight excluding hydrogens is 260 g/mol. The smallest absolute Gasteiger partial charge is 0.239 e. The molecule has 0 bridgehead atoms. The molecule has 0 radical (unpaired) electrons. The van der Waals surface area contributed by atoms with Gasteiger partial charge < -0.3 is 19.5 Å². The second-order valence-corrected chi connectivity index (χ2v) is 5.60. The summed E-state index contributed by atoms with van der Waals surface area (Å²) >= 11 is 0. The van der Waals surface area contributed by atoms with E-state index in [1.165, 1.54) is 0 Å². The molecule has 0 saturated carbocycles. The van der Waals surface area contributed by atoms with Crippen molar-refractivity contribution in [3.8, 4) is 0 Å². The van der Waals surface area contributed by atoms with Crippen LogP contribution in [-0.2, 0) is 19.0 Å². The van der Waals surface area contributed by atoms with Gasteiger partial charge in [-0.25, -0.2) is 0 Å². The van der Waals surface area contributed by atoms with Crippen molar-refractivity contribution in [2.75, 3.05) is 39.5 Å². The van der Waals surface area contributed by atoms with E-state index in [0.29, 0.717) is 13.2 Å².